The SMILES string of the molecule is COc1ccc2nccc(C(O)C[C@H]3CC[C@H](NCc4ccc5c(c4)OCCO5)CC3)c2c1.O=C(O)C(=O)O. The van der Waals surface area contributed by atoms with Crippen LogP contribution in [-0.4, -0.2) is 58.6 Å². The smallest absolute Gasteiger partial charge is 0.414 e. The molecule has 4 N–H and O–H groups in total. The van der Waals surface area contributed by atoms with E-state index in [9.17, 15) is 5.11 Å². The maximum atomic E-state index is 11.0. The monoisotopic (exact) mass is 538 g/mol. The highest BCUT2D eigenvalue weighted by Gasteiger charge is 2.24. The van der Waals surface area contributed by atoms with Gasteiger partial charge < -0.3 is 34.8 Å². The lowest BCUT2D eigenvalue weighted by Gasteiger charge is -2.30. The molecule has 2 heterocycles. The van der Waals surface area contributed by atoms with Crippen LogP contribution in [0.5, 0.6) is 17.2 Å². The molecule has 3 aromatic rings. The number of nitrogens with one attached hydrogen (secondary N) is 1. The summed E-state index contributed by atoms with van der Waals surface area (Å²) in [5, 5.41) is 30.5. The van der Waals surface area contributed by atoms with Crippen LogP contribution in [0.1, 0.15) is 49.3 Å². The van der Waals surface area contributed by atoms with Gasteiger partial charge in [0.1, 0.15) is 19.0 Å². The lowest BCUT2D eigenvalue weighted by atomic mass is 9.81. The van der Waals surface area contributed by atoms with E-state index >= 15 is 0 Å². The summed E-state index contributed by atoms with van der Waals surface area (Å²) < 4.78 is 16.7. The zero-order chi connectivity index (χ0) is 27.8. The fourth-order valence-corrected chi connectivity index (χ4v) is 5.07. The summed E-state index contributed by atoms with van der Waals surface area (Å²) >= 11 is 0. The third-order valence-corrected chi connectivity index (χ3v) is 7.13. The van der Waals surface area contributed by atoms with Gasteiger partial charge in [0, 0.05) is 24.2 Å². The normalized spacial score (nSPS) is 18.9. The molecule has 2 aromatic carbocycles. The zero-order valence-corrected chi connectivity index (χ0v) is 21.8. The second kappa shape index (κ2) is 13.3. The number of pyridine rings is 1. The van der Waals surface area contributed by atoms with Gasteiger partial charge in [-0.1, -0.05) is 6.07 Å². The summed E-state index contributed by atoms with van der Waals surface area (Å²) in [6.07, 6.45) is 6.59. The largest absolute Gasteiger partial charge is 0.497 e. The molecule has 39 heavy (non-hydrogen) atoms. The molecule has 10 heteroatoms. The molecule has 0 radical (unpaired) electrons. The van der Waals surface area contributed by atoms with E-state index in [0.29, 0.717) is 25.2 Å². The molecule has 10 nitrogen and oxygen atoms in total. The Bertz CT molecular complexity index is 1280. The Morgan fingerprint density at radius 2 is 1.72 bits per heavy atom. The fourth-order valence-electron chi connectivity index (χ4n) is 5.07. The predicted octanol–water partition coefficient (Wildman–Crippen LogP) is 3.94. The number of hydrogen-bond donors (Lipinski definition) is 4. The second-order valence-corrected chi connectivity index (χ2v) is 9.72. The summed E-state index contributed by atoms with van der Waals surface area (Å²) in [5.41, 5.74) is 3.05. The molecular weight excluding hydrogens is 504 g/mol. The topological polar surface area (TPSA) is 147 Å². The molecule has 1 atom stereocenters. The number of rotatable bonds is 7. The fraction of sp³-hybridized carbons (Fsp3) is 0.414. The van der Waals surface area contributed by atoms with E-state index in [0.717, 1.165) is 72.4 Å². The van der Waals surface area contributed by atoms with Crippen molar-refractivity contribution in [2.24, 2.45) is 5.92 Å². The van der Waals surface area contributed by atoms with Gasteiger partial charge in [-0.25, -0.2) is 9.59 Å². The van der Waals surface area contributed by atoms with Crippen molar-refractivity contribution in [1.29, 1.82) is 0 Å². The maximum Gasteiger partial charge on any atom is 0.414 e. The van der Waals surface area contributed by atoms with Crippen LogP contribution in [-0.2, 0) is 16.1 Å². The Morgan fingerprint density at radius 3 is 2.41 bits per heavy atom. The number of methoxy groups -OCH3 is 1. The number of hydrogen-bond acceptors (Lipinski definition) is 8. The van der Waals surface area contributed by atoms with E-state index in [2.05, 4.69) is 22.4 Å². The lowest BCUT2D eigenvalue weighted by molar-refractivity contribution is -0.159. The van der Waals surface area contributed by atoms with Crippen molar-refractivity contribution >= 4 is 22.8 Å². The summed E-state index contributed by atoms with van der Waals surface area (Å²) in [5.74, 6) is -0.649. The molecule has 1 aliphatic carbocycles. The first-order chi connectivity index (χ1) is 18.8. The first-order valence-corrected chi connectivity index (χ1v) is 13.0. The van der Waals surface area contributed by atoms with Crippen molar-refractivity contribution in [2.45, 2.75) is 50.8 Å². The number of aromatic nitrogens is 1. The van der Waals surface area contributed by atoms with E-state index < -0.39 is 18.0 Å². The van der Waals surface area contributed by atoms with E-state index in [1.54, 1.807) is 13.3 Å². The van der Waals surface area contributed by atoms with Gasteiger partial charge in [-0.2, -0.15) is 0 Å². The van der Waals surface area contributed by atoms with E-state index in [-0.39, 0.29) is 0 Å². The minimum atomic E-state index is -1.82. The number of aliphatic hydroxyl groups excluding tert-OH is 1. The number of carbonyl (C=O) groups is 2. The lowest BCUT2D eigenvalue weighted by Crippen LogP contribution is -2.33. The molecule has 1 aliphatic heterocycles. The van der Waals surface area contributed by atoms with Crippen LogP contribution < -0.4 is 19.5 Å². The van der Waals surface area contributed by atoms with Gasteiger partial charge >= 0.3 is 11.9 Å². The van der Waals surface area contributed by atoms with E-state index in [1.165, 1.54) is 5.56 Å². The second-order valence-electron chi connectivity index (χ2n) is 9.72. The van der Waals surface area contributed by atoms with Crippen molar-refractivity contribution < 1.29 is 39.1 Å². The van der Waals surface area contributed by atoms with Crippen LogP contribution in [0.25, 0.3) is 10.9 Å². The van der Waals surface area contributed by atoms with Crippen LogP contribution in [0.2, 0.25) is 0 Å². The number of benzene rings is 2. The standard InChI is InChI=1S/C27H32N2O4.C2H2O4/c1-31-21-7-8-24-23(16-21)22(10-11-28-24)25(30)14-18-2-5-20(6-3-18)29-17-19-4-9-26-27(15-19)33-13-12-32-26;3-1(4)2(5)6/h4,7-11,15-16,18,20,25,29-30H,2-3,5-6,12-14,17H2,1H3;(H,3,4)(H,5,6)/t18-,20-,25?;. The number of fused-ring (bicyclic) bond motifs is 2. The highest BCUT2D eigenvalue weighted by Crippen LogP contribution is 2.35. The summed E-state index contributed by atoms with van der Waals surface area (Å²) in [6, 6.07) is 14.5. The van der Waals surface area contributed by atoms with Gasteiger partial charge in [-0.15, -0.1) is 0 Å². The first-order valence-electron chi connectivity index (χ1n) is 13.0. The first kappa shape index (κ1) is 28.1. The Labute approximate surface area is 226 Å². The molecule has 2 aliphatic rings. The average Bonchev–Trinajstić information content (AvgIpc) is 2.96. The Hall–Kier alpha value is -3.89. The highest BCUT2D eigenvalue weighted by atomic mass is 16.6. The number of aliphatic carboxylic acids is 2. The molecular formula is C29H34N2O8. The maximum absolute atomic E-state index is 11.0. The Kier molecular flexibility index (Phi) is 9.56. The highest BCUT2D eigenvalue weighted by molar-refractivity contribution is 6.27. The molecule has 1 unspecified atom stereocenters. The quantitative estimate of drug-likeness (QED) is 0.326. The molecule has 0 spiro atoms. The minimum absolute atomic E-state index is 0.491. The molecule has 0 amide bonds. The molecule has 1 aromatic heterocycles. The number of nitrogens with zero attached hydrogens (tertiary/aromatic N) is 1. The van der Waals surface area contributed by atoms with Crippen LogP contribution in [0.4, 0.5) is 0 Å². The van der Waals surface area contributed by atoms with Gasteiger partial charge in [0.25, 0.3) is 0 Å². The molecule has 1 fully saturated rings. The van der Waals surface area contributed by atoms with E-state index in [1.807, 2.05) is 30.3 Å². The van der Waals surface area contributed by atoms with Crippen LogP contribution in [0.3, 0.4) is 0 Å². The Balaban J connectivity index is 0.000000531. The summed E-state index contributed by atoms with van der Waals surface area (Å²) in [4.78, 5) is 22.6. The third kappa shape index (κ3) is 7.58. The number of carboxylic acid groups (broad SMARTS) is 2. The summed E-state index contributed by atoms with van der Waals surface area (Å²) in [7, 11) is 1.66. The van der Waals surface area contributed by atoms with Crippen LogP contribution in [0.15, 0.2) is 48.7 Å². The molecule has 1 saturated carbocycles. The van der Waals surface area contributed by atoms with Crippen molar-refractivity contribution in [1.82, 2.24) is 10.3 Å². The van der Waals surface area contributed by atoms with Crippen molar-refractivity contribution in [2.75, 3.05) is 20.3 Å². The minimum Gasteiger partial charge on any atom is -0.497 e. The Morgan fingerprint density at radius 1 is 1.00 bits per heavy atom. The van der Waals surface area contributed by atoms with Crippen LogP contribution in [0, 0.1) is 5.92 Å². The van der Waals surface area contributed by atoms with Crippen molar-refractivity contribution in [3.63, 3.8) is 0 Å². The van der Waals surface area contributed by atoms with Gasteiger partial charge in [0.2, 0.25) is 0 Å². The molecule has 0 saturated heterocycles. The van der Waals surface area contributed by atoms with Crippen LogP contribution >= 0.6 is 0 Å². The van der Waals surface area contributed by atoms with Crippen molar-refractivity contribution in [3.05, 3.63) is 59.8 Å². The predicted molar refractivity (Wildman–Crippen MR) is 143 cm³/mol. The average molecular weight is 539 g/mol. The van der Waals surface area contributed by atoms with Gasteiger partial charge in [0.15, 0.2) is 11.5 Å². The molecule has 208 valence electrons. The molecule has 0 bridgehead atoms. The van der Waals surface area contributed by atoms with Gasteiger partial charge in [0.05, 0.1) is 18.7 Å². The number of carboxylic acids is 2. The van der Waals surface area contributed by atoms with Crippen molar-refractivity contribution in [3.8, 4) is 17.2 Å². The van der Waals surface area contributed by atoms with E-state index in [4.69, 9.17) is 34.0 Å². The number of ether oxygens (including phenoxy) is 3. The zero-order valence-electron chi connectivity index (χ0n) is 21.8. The number of aliphatic hydroxyl groups is 1. The van der Waals surface area contributed by atoms with Gasteiger partial charge in [-0.05, 0) is 85.5 Å². The summed E-state index contributed by atoms with van der Waals surface area (Å²) in [6.45, 7) is 2.07. The van der Waals surface area contributed by atoms with Gasteiger partial charge in [-0.3, -0.25) is 4.98 Å². The third-order valence-electron chi connectivity index (χ3n) is 7.13. The molecule has 5 rings (SSSR count).